The van der Waals surface area contributed by atoms with E-state index in [9.17, 15) is 23.2 Å². The van der Waals surface area contributed by atoms with Crippen molar-refractivity contribution >= 4 is 62.9 Å². The van der Waals surface area contributed by atoms with Crippen molar-refractivity contribution in [3.8, 4) is 0 Å². The number of carboxylic acids is 1. The second kappa shape index (κ2) is 12.7. The number of Topliss-reactive ketones (excluding diaryl/α,β-unsaturated/α-hetero) is 1. The van der Waals surface area contributed by atoms with Gasteiger partial charge in [-0.15, -0.1) is 0 Å². The van der Waals surface area contributed by atoms with Gasteiger partial charge in [0, 0.05) is 27.4 Å². The summed E-state index contributed by atoms with van der Waals surface area (Å²) in [7, 11) is 3.33. The van der Waals surface area contributed by atoms with Crippen molar-refractivity contribution in [2.24, 2.45) is 0 Å². The number of ether oxygens (including phenoxy) is 1. The van der Waals surface area contributed by atoms with Crippen LogP contribution in [0, 0.1) is 18.8 Å². The van der Waals surface area contributed by atoms with Crippen LogP contribution in [0.25, 0.3) is 0 Å². The first-order valence-electron chi connectivity index (χ1n) is 8.71. The summed E-state index contributed by atoms with van der Waals surface area (Å²) in [6.07, 6.45) is 1.33. The Bertz CT molecular complexity index is 1010. The number of esters is 1. The van der Waals surface area contributed by atoms with Crippen LogP contribution in [0.4, 0.5) is 8.78 Å². The lowest BCUT2D eigenvalue weighted by atomic mass is 10.0. The number of carbonyl (C=O) groups is 3. The first-order valence-corrected chi connectivity index (χ1v) is 10.9. The standard InChI is InChI=1S/C14H15FINO3.C7H4FIO2/c1-4-20-14(19)11(8-17(2)3)13(18)10-7-9(16)5-6-12(10)15;8-6-2-1-4(9)3-5(6)7(10)11/h5-8H,4H2,1-3H3;1-3H,(H,10,11)/b11-8-;. The van der Waals surface area contributed by atoms with Crippen molar-refractivity contribution in [3.05, 3.63) is 78.1 Å². The average molecular weight is 657 g/mol. The van der Waals surface area contributed by atoms with Crippen molar-refractivity contribution < 1.29 is 33.0 Å². The lowest BCUT2D eigenvalue weighted by Crippen LogP contribution is -2.20. The number of rotatable bonds is 6. The third-order valence-electron chi connectivity index (χ3n) is 3.46. The van der Waals surface area contributed by atoms with Crippen LogP contribution in [0.5, 0.6) is 0 Å². The quantitative estimate of drug-likeness (QED) is 0.121. The van der Waals surface area contributed by atoms with Crippen LogP contribution >= 0.6 is 45.2 Å². The zero-order valence-corrected chi connectivity index (χ0v) is 21.1. The van der Waals surface area contributed by atoms with E-state index >= 15 is 0 Å². The van der Waals surface area contributed by atoms with Gasteiger partial charge in [0.15, 0.2) is 0 Å². The van der Waals surface area contributed by atoms with E-state index in [-0.39, 0.29) is 23.3 Å². The maximum atomic E-state index is 13.7. The minimum absolute atomic E-state index is 0.141. The fraction of sp³-hybridized carbons (Fsp3) is 0.190. The monoisotopic (exact) mass is 657 g/mol. The molecule has 31 heavy (non-hydrogen) atoms. The highest BCUT2D eigenvalue weighted by Crippen LogP contribution is 2.18. The van der Waals surface area contributed by atoms with Crippen molar-refractivity contribution in [3.63, 3.8) is 0 Å². The third kappa shape index (κ3) is 8.51. The van der Waals surface area contributed by atoms with Gasteiger partial charge in [-0.1, -0.05) is 0 Å². The molecule has 2 aromatic rings. The lowest BCUT2D eigenvalue weighted by molar-refractivity contribution is -0.138. The summed E-state index contributed by atoms with van der Waals surface area (Å²) < 4.78 is 32.6. The second-order valence-electron chi connectivity index (χ2n) is 6.11. The third-order valence-corrected chi connectivity index (χ3v) is 4.80. The lowest BCUT2D eigenvalue weighted by Gasteiger charge is -2.11. The summed E-state index contributed by atoms with van der Waals surface area (Å²) in [4.78, 5) is 36.0. The van der Waals surface area contributed by atoms with E-state index in [1.54, 1.807) is 27.1 Å². The van der Waals surface area contributed by atoms with Gasteiger partial charge in [-0.25, -0.2) is 18.4 Å². The molecule has 0 heterocycles. The summed E-state index contributed by atoms with van der Waals surface area (Å²) in [5.74, 6) is -4.04. The molecule has 10 heteroatoms. The molecule has 2 aromatic carbocycles. The summed E-state index contributed by atoms with van der Waals surface area (Å²) in [5.41, 5.74) is -0.618. The van der Waals surface area contributed by atoms with Gasteiger partial charge >= 0.3 is 11.9 Å². The molecule has 0 fully saturated rings. The summed E-state index contributed by atoms with van der Waals surface area (Å²) in [6.45, 7) is 1.79. The average Bonchev–Trinajstić information content (AvgIpc) is 2.69. The molecule has 0 aliphatic carbocycles. The first kappa shape index (κ1) is 26.9. The number of hydrogen-bond acceptors (Lipinski definition) is 5. The zero-order chi connectivity index (χ0) is 23.7. The smallest absolute Gasteiger partial charge is 0.343 e. The molecule has 0 saturated carbocycles. The van der Waals surface area contributed by atoms with Crippen LogP contribution in [0.3, 0.4) is 0 Å². The molecule has 166 valence electrons. The predicted molar refractivity (Wildman–Crippen MR) is 128 cm³/mol. The van der Waals surface area contributed by atoms with Crippen LogP contribution in [-0.4, -0.2) is 48.4 Å². The van der Waals surface area contributed by atoms with Crippen LogP contribution < -0.4 is 0 Å². The highest BCUT2D eigenvalue weighted by Gasteiger charge is 2.24. The number of aromatic carboxylic acids is 1. The van der Waals surface area contributed by atoms with Gasteiger partial charge in [-0.2, -0.15) is 0 Å². The zero-order valence-electron chi connectivity index (χ0n) is 16.8. The normalized spacial score (nSPS) is 10.6. The molecule has 0 spiro atoms. The highest BCUT2D eigenvalue weighted by molar-refractivity contribution is 14.1. The Hall–Kier alpha value is -2.09. The Morgan fingerprint density at radius 1 is 1.00 bits per heavy atom. The molecule has 0 bridgehead atoms. The summed E-state index contributed by atoms with van der Waals surface area (Å²) in [5, 5.41) is 8.45. The van der Waals surface area contributed by atoms with Gasteiger partial charge < -0.3 is 14.7 Å². The Morgan fingerprint density at radius 2 is 1.48 bits per heavy atom. The minimum atomic E-state index is -1.24. The first-order chi connectivity index (χ1) is 14.5. The predicted octanol–water partition coefficient (Wildman–Crippen LogP) is 4.75. The number of hydrogen-bond donors (Lipinski definition) is 1. The molecular formula is C21H19F2I2NO5. The van der Waals surface area contributed by atoms with Crippen LogP contribution in [-0.2, 0) is 9.53 Å². The number of halogens is 4. The Kier molecular flexibility index (Phi) is 11.0. The summed E-state index contributed by atoms with van der Waals surface area (Å²) in [6, 6.07) is 8.10. The fourth-order valence-corrected chi connectivity index (χ4v) is 3.13. The molecule has 0 atom stereocenters. The number of benzene rings is 2. The summed E-state index contributed by atoms with van der Waals surface area (Å²) >= 11 is 3.90. The topological polar surface area (TPSA) is 83.9 Å². The van der Waals surface area contributed by atoms with Gasteiger partial charge in [0.25, 0.3) is 0 Å². The van der Waals surface area contributed by atoms with Crippen molar-refractivity contribution in [2.75, 3.05) is 20.7 Å². The molecule has 0 aliphatic rings. The molecule has 0 saturated heterocycles. The van der Waals surface area contributed by atoms with E-state index in [4.69, 9.17) is 9.84 Å². The van der Waals surface area contributed by atoms with E-state index in [1.165, 1.54) is 35.4 Å². The number of ketones is 1. The Labute approximate surface area is 205 Å². The van der Waals surface area contributed by atoms with Crippen molar-refractivity contribution in [1.29, 1.82) is 0 Å². The molecule has 0 unspecified atom stereocenters. The highest BCUT2D eigenvalue weighted by atomic mass is 127. The van der Waals surface area contributed by atoms with E-state index < -0.39 is 29.4 Å². The SMILES string of the molecule is CCOC(=O)/C(=C\N(C)C)C(=O)c1cc(I)ccc1F.O=C(O)c1cc(I)ccc1F. The number of carboxylic acid groups (broad SMARTS) is 1. The van der Waals surface area contributed by atoms with E-state index in [0.29, 0.717) is 7.14 Å². The Balaban J connectivity index is 0.000000367. The molecule has 0 aliphatic heterocycles. The minimum Gasteiger partial charge on any atom is -0.478 e. The molecule has 1 N–H and O–H groups in total. The number of carbonyl (C=O) groups excluding carboxylic acids is 2. The molecule has 0 amide bonds. The van der Waals surface area contributed by atoms with Gasteiger partial charge in [-0.05, 0) is 88.5 Å². The maximum absolute atomic E-state index is 13.7. The van der Waals surface area contributed by atoms with Crippen LogP contribution in [0.2, 0.25) is 0 Å². The van der Waals surface area contributed by atoms with E-state index in [2.05, 4.69) is 0 Å². The van der Waals surface area contributed by atoms with Crippen molar-refractivity contribution in [2.45, 2.75) is 6.92 Å². The van der Waals surface area contributed by atoms with Crippen LogP contribution in [0.15, 0.2) is 48.2 Å². The molecular weight excluding hydrogens is 638 g/mol. The van der Waals surface area contributed by atoms with Gasteiger partial charge in [-0.3, -0.25) is 4.79 Å². The van der Waals surface area contributed by atoms with E-state index in [0.717, 1.165) is 6.07 Å². The van der Waals surface area contributed by atoms with Crippen molar-refractivity contribution in [1.82, 2.24) is 4.90 Å². The Morgan fingerprint density at radius 3 is 1.90 bits per heavy atom. The molecule has 2 rings (SSSR count). The fourth-order valence-electron chi connectivity index (χ4n) is 2.15. The van der Waals surface area contributed by atoms with Gasteiger partial charge in [0.05, 0.1) is 17.7 Å². The van der Waals surface area contributed by atoms with Gasteiger partial charge in [0.1, 0.15) is 17.2 Å². The molecule has 0 radical (unpaired) electrons. The van der Waals surface area contributed by atoms with Gasteiger partial charge in [0.2, 0.25) is 5.78 Å². The molecule has 6 nitrogen and oxygen atoms in total. The molecule has 0 aromatic heterocycles. The largest absolute Gasteiger partial charge is 0.478 e. The number of nitrogens with zero attached hydrogens (tertiary/aromatic N) is 1. The van der Waals surface area contributed by atoms with E-state index in [1.807, 2.05) is 45.2 Å². The second-order valence-corrected chi connectivity index (χ2v) is 8.60. The maximum Gasteiger partial charge on any atom is 0.343 e. The van der Waals surface area contributed by atoms with Crippen LogP contribution in [0.1, 0.15) is 27.6 Å².